The Morgan fingerprint density at radius 3 is 2.23 bits per heavy atom. The summed E-state index contributed by atoms with van der Waals surface area (Å²) in [5, 5.41) is 15.8. The van der Waals surface area contributed by atoms with E-state index >= 15 is 0 Å². The molecule has 1 fully saturated rings. The minimum atomic E-state index is -0.470. The first-order valence-corrected chi connectivity index (χ1v) is 8.77. The molecule has 0 atom stereocenters. The van der Waals surface area contributed by atoms with Gasteiger partial charge in [0.2, 0.25) is 0 Å². The quantitative estimate of drug-likeness (QED) is 0.651. The van der Waals surface area contributed by atoms with E-state index in [2.05, 4.69) is 10.5 Å². The first kappa shape index (κ1) is 18.7. The summed E-state index contributed by atoms with van der Waals surface area (Å²) in [6.07, 6.45) is 0. The predicted molar refractivity (Wildman–Crippen MR) is 104 cm³/mol. The third-order valence-electron chi connectivity index (χ3n) is 5.39. The van der Waals surface area contributed by atoms with Crippen LogP contribution in [0.25, 0.3) is 0 Å². The second kappa shape index (κ2) is 6.25. The van der Waals surface area contributed by atoms with Crippen LogP contribution in [0.3, 0.4) is 0 Å². The molecule has 26 heavy (non-hydrogen) atoms. The van der Waals surface area contributed by atoms with Crippen LogP contribution in [0.1, 0.15) is 50.3 Å². The summed E-state index contributed by atoms with van der Waals surface area (Å²) < 4.78 is 17.5. The van der Waals surface area contributed by atoms with Gasteiger partial charge in [0.05, 0.1) is 28.2 Å². The highest BCUT2D eigenvalue weighted by atomic mass is 16.7. The average molecular weight is 355 g/mol. The van der Waals surface area contributed by atoms with E-state index in [1.54, 1.807) is 0 Å². The molecule has 0 amide bonds. The van der Waals surface area contributed by atoms with Gasteiger partial charge in [0.1, 0.15) is 5.76 Å². The van der Waals surface area contributed by atoms with Gasteiger partial charge in [-0.25, -0.2) is 0 Å². The lowest BCUT2D eigenvalue weighted by Gasteiger charge is -2.32. The van der Waals surface area contributed by atoms with Crippen molar-refractivity contribution in [2.24, 2.45) is 0 Å². The van der Waals surface area contributed by atoms with Crippen molar-refractivity contribution in [3.63, 3.8) is 0 Å². The smallest absolute Gasteiger partial charge is 0.399 e. The second-order valence-electron chi connectivity index (χ2n) is 7.72. The summed E-state index contributed by atoms with van der Waals surface area (Å²) >= 11 is 0. The maximum Gasteiger partial charge on any atom is 0.494 e. The molecule has 2 aromatic rings. The van der Waals surface area contributed by atoms with Crippen LogP contribution in [0.5, 0.6) is 0 Å². The fourth-order valence-corrected chi connectivity index (χ4v) is 3.09. The lowest BCUT2D eigenvalue weighted by atomic mass is 9.77. The molecule has 0 unspecified atom stereocenters. The Balaban J connectivity index is 2.02. The van der Waals surface area contributed by atoms with Crippen molar-refractivity contribution in [2.75, 3.05) is 12.4 Å². The molecule has 0 bridgehead atoms. The number of hydrogen-bond donors (Lipinski definition) is 2. The predicted octanol–water partition coefficient (Wildman–Crippen LogP) is 3.05. The van der Waals surface area contributed by atoms with Gasteiger partial charge in [-0.05, 0) is 53.1 Å². The van der Waals surface area contributed by atoms with E-state index in [4.69, 9.17) is 19.2 Å². The number of anilines is 1. The third kappa shape index (κ3) is 2.95. The van der Waals surface area contributed by atoms with Crippen molar-refractivity contribution in [1.82, 2.24) is 5.16 Å². The number of aryl methyl sites for hydroxylation is 2. The Kier molecular flexibility index (Phi) is 4.49. The van der Waals surface area contributed by atoms with Crippen LogP contribution in [0.2, 0.25) is 0 Å². The number of aromatic nitrogens is 1. The summed E-state index contributed by atoms with van der Waals surface area (Å²) in [4.78, 5) is 0. The average Bonchev–Trinajstić information content (AvgIpc) is 3.01. The molecule has 3 rings (SSSR count). The van der Waals surface area contributed by atoms with Crippen LogP contribution in [0.15, 0.2) is 22.7 Å². The Bertz CT molecular complexity index is 822. The van der Waals surface area contributed by atoms with Gasteiger partial charge >= 0.3 is 7.12 Å². The molecule has 1 aromatic carbocycles. The molecule has 2 N–H and O–H groups in total. The van der Waals surface area contributed by atoms with E-state index in [0.717, 1.165) is 16.7 Å². The summed E-state index contributed by atoms with van der Waals surface area (Å²) in [7, 11) is 1.37. The van der Waals surface area contributed by atoms with Gasteiger partial charge in [0, 0.05) is 18.3 Å². The monoisotopic (exact) mass is 355 g/mol. The van der Waals surface area contributed by atoms with Crippen molar-refractivity contribution in [2.45, 2.75) is 52.7 Å². The molecule has 1 aromatic heterocycles. The maximum atomic E-state index is 8.71. The Morgan fingerprint density at radius 2 is 1.73 bits per heavy atom. The minimum absolute atomic E-state index is 0.365. The van der Waals surface area contributed by atoms with Gasteiger partial charge < -0.3 is 19.1 Å². The zero-order valence-electron chi connectivity index (χ0n) is 16.5. The molecule has 0 spiro atoms. The molecule has 138 valence electrons. The molecule has 0 aliphatic carbocycles. The summed E-state index contributed by atoms with van der Waals surface area (Å²) in [6.45, 7) is 11.8. The normalized spacial score (nSPS) is 18.2. The van der Waals surface area contributed by atoms with Gasteiger partial charge in [-0.15, -0.1) is 0 Å². The topological polar surface area (TPSA) is 80.4 Å². The maximum absolute atomic E-state index is 8.71. The van der Waals surface area contributed by atoms with Crippen LogP contribution >= 0.6 is 0 Å². The van der Waals surface area contributed by atoms with E-state index in [0.29, 0.717) is 22.7 Å². The summed E-state index contributed by atoms with van der Waals surface area (Å²) in [6, 6.07) is 5.86. The molecule has 1 aliphatic heterocycles. The highest BCUT2D eigenvalue weighted by molar-refractivity contribution is 6.62. The molecule has 0 radical (unpaired) electrons. The molecule has 0 saturated carbocycles. The Hall–Kier alpha value is -2.12. The van der Waals surface area contributed by atoms with E-state index in [1.165, 1.54) is 0 Å². The van der Waals surface area contributed by atoms with Crippen molar-refractivity contribution >= 4 is 24.0 Å². The van der Waals surface area contributed by atoms with E-state index in [1.807, 2.05) is 66.8 Å². The number of rotatable bonds is 4. The fourth-order valence-electron chi connectivity index (χ4n) is 3.09. The molecule has 1 saturated heterocycles. The number of benzene rings is 1. The van der Waals surface area contributed by atoms with E-state index < -0.39 is 18.3 Å². The minimum Gasteiger partial charge on any atom is -0.399 e. The van der Waals surface area contributed by atoms with Crippen molar-refractivity contribution in [1.29, 1.82) is 5.41 Å². The van der Waals surface area contributed by atoms with Gasteiger partial charge in [-0.2, -0.15) is 0 Å². The van der Waals surface area contributed by atoms with Crippen molar-refractivity contribution in [3.8, 4) is 0 Å². The molecular weight excluding hydrogens is 329 g/mol. The van der Waals surface area contributed by atoms with Crippen LogP contribution < -0.4 is 10.8 Å². The first-order valence-electron chi connectivity index (χ1n) is 8.77. The van der Waals surface area contributed by atoms with Gasteiger partial charge in [0.25, 0.3) is 0 Å². The summed E-state index contributed by atoms with van der Waals surface area (Å²) in [5.74, 6) is 0.635. The van der Waals surface area contributed by atoms with Gasteiger partial charge in [0.15, 0.2) is 0 Å². The highest BCUT2D eigenvalue weighted by Gasteiger charge is 2.51. The zero-order valence-corrected chi connectivity index (χ0v) is 16.5. The molecular formula is C19H26BN3O3. The highest BCUT2D eigenvalue weighted by Crippen LogP contribution is 2.36. The van der Waals surface area contributed by atoms with Crippen LogP contribution in [-0.2, 0) is 9.31 Å². The lowest BCUT2D eigenvalue weighted by Crippen LogP contribution is -2.41. The molecule has 2 heterocycles. The molecule has 7 heteroatoms. The van der Waals surface area contributed by atoms with Crippen molar-refractivity contribution < 1.29 is 13.8 Å². The standard InChI is InChI=1S/C19H26BN3O3/c1-11-16(12(2)24-23-11)17(21)14-10-13(8-9-15(14)22-7)20-25-18(3,4)19(5,6)26-20/h8-10,21-22H,1-7H3. The number of nitrogens with one attached hydrogen (secondary N) is 2. The third-order valence-corrected chi connectivity index (χ3v) is 5.39. The zero-order chi connectivity index (χ0) is 19.3. The van der Waals surface area contributed by atoms with Crippen LogP contribution in [-0.4, -0.2) is 36.2 Å². The summed E-state index contributed by atoms with van der Waals surface area (Å²) in [5.41, 5.74) is 3.47. The van der Waals surface area contributed by atoms with E-state index in [-0.39, 0.29) is 0 Å². The first-order chi connectivity index (χ1) is 12.1. The molecule has 6 nitrogen and oxygen atoms in total. The fraction of sp³-hybridized carbons (Fsp3) is 0.474. The number of hydrogen-bond acceptors (Lipinski definition) is 6. The van der Waals surface area contributed by atoms with Gasteiger partial charge in [-0.3, -0.25) is 5.41 Å². The van der Waals surface area contributed by atoms with Crippen molar-refractivity contribution in [3.05, 3.63) is 40.8 Å². The Morgan fingerprint density at radius 1 is 1.12 bits per heavy atom. The molecule has 1 aliphatic rings. The van der Waals surface area contributed by atoms with Crippen LogP contribution in [0.4, 0.5) is 5.69 Å². The number of nitrogens with zero attached hydrogens (tertiary/aromatic N) is 1. The Labute approximate surface area is 154 Å². The SMILES string of the molecule is CNc1ccc(B2OC(C)(C)C(C)(C)O2)cc1C(=N)c1c(C)noc1C. The lowest BCUT2D eigenvalue weighted by molar-refractivity contribution is 0.00578. The van der Waals surface area contributed by atoms with Gasteiger partial charge in [-0.1, -0.05) is 17.3 Å². The second-order valence-corrected chi connectivity index (χ2v) is 7.72. The van der Waals surface area contributed by atoms with E-state index in [9.17, 15) is 0 Å². The van der Waals surface area contributed by atoms with Crippen LogP contribution in [0, 0.1) is 19.3 Å². The largest absolute Gasteiger partial charge is 0.494 e.